The molecule has 4 rings (SSSR count). The highest BCUT2D eigenvalue weighted by Gasteiger charge is 2.34. The maximum Gasteiger partial charge on any atom is 0.245 e. The molecule has 2 saturated heterocycles. The molecule has 1 amide bonds. The summed E-state index contributed by atoms with van der Waals surface area (Å²) in [5.74, 6) is 0.319. The van der Waals surface area contributed by atoms with Gasteiger partial charge >= 0.3 is 0 Å². The Balaban J connectivity index is 1.29. The maximum atomic E-state index is 13.1. The normalized spacial score (nSPS) is 20.8. The predicted octanol–water partition coefficient (Wildman–Crippen LogP) is 3.04. The van der Waals surface area contributed by atoms with Crippen molar-refractivity contribution >= 4 is 11.6 Å². The Labute approximate surface area is 162 Å². The van der Waals surface area contributed by atoms with Crippen LogP contribution in [0.3, 0.4) is 0 Å². The van der Waals surface area contributed by atoms with Crippen LogP contribution in [-0.4, -0.2) is 61.0 Å². The first kappa shape index (κ1) is 18.1. The van der Waals surface area contributed by atoms with Crippen LogP contribution in [0.4, 0.5) is 5.69 Å². The number of piperazine rings is 1. The van der Waals surface area contributed by atoms with Crippen molar-refractivity contribution in [2.75, 3.05) is 44.2 Å². The van der Waals surface area contributed by atoms with Crippen LogP contribution in [0.2, 0.25) is 0 Å². The van der Waals surface area contributed by atoms with Gasteiger partial charge in [0.1, 0.15) is 6.04 Å². The minimum absolute atomic E-state index is 0.0169. The van der Waals surface area contributed by atoms with Gasteiger partial charge in [-0.2, -0.15) is 0 Å². The van der Waals surface area contributed by atoms with E-state index in [1.807, 2.05) is 6.07 Å². The van der Waals surface area contributed by atoms with E-state index in [1.165, 1.54) is 11.3 Å². The molecule has 0 bridgehead atoms. The van der Waals surface area contributed by atoms with Crippen LogP contribution in [0.1, 0.15) is 18.4 Å². The second-order valence-electron chi connectivity index (χ2n) is 7.59. The summed E-state index contributed by atoms with van der Waals surface area (Å²) in [4.78, 5) is 20.0. The Bertz CT molecular complexity index is 726. The minimum atomic E-state index is 0.0169. The molecule has 0 unspecified atom stereocenters. The first-order valence-corrected chi connectivity index (χ1v) is 10.2. The summed E-state index contributed by atoms with van der Waals surface area (Å²) in [6.07, 6.45) is 3.16. The summed E-state index contributed by atoms with van der Waals surface area (Å²) in [6.45, 7) is 5.73. The summed E-state index contributed by atoms with van der Waals surface area (Å²) in [6, 6.07) is 21.1. The Morgan fingerprint density at radius 1 is 0.852 bits per heavy atom. The Hall–Kier alpha value is -2.33. The summed E-state index contributed by atoms with van der Waals surface area (Å²) in [5.41, 5.74) is 2.57. The lowest BCUT2D eigenvalue weighted by atomic mass is 10.1. The first-order valence-electron chi connectivity index (χ1n) is 10.2. The third-order valence-corrected chi connectivity index (χ3v) is 5.87. The van der Waals surface area contributed by atoms with Gasteiger partial charge < -0.3 is 9.80 Å². The second-order valence-corrected chi connectivity index (χ2v) is 7.59. The van der Waals surface area contributed by atoms with Gasteiger partial charge in [0.25, 0.3) is 0 Å². The standard InChI is InChI=1S/C23H29N3O/c27-23(22-12-7-14-26(22)21-10-5-2-6-11-21)25-18-16-24(17-19-25)15-13-20-8-3-1-4-9-20/h1-6,8-11,22H,7,12-19H2/t22-/m0/s1. The van der Waals surface area contributed by atoms with Gasteiger partial charge in [-0.05, 0) is 37.0 Å². The monoisotopic (exact) mass is 363 g/mol. The zero-order valence-electron chi connectivity index (χ0n) is 16.0. The number of benzene rings is 2. The molecule has 2 fully saturated rings. The summed E-state index contributed by atoms with van der Waals surface area (Å²) < 4.78 is 0. The molecule has 0 radical (unpaired) electrons. The molecule has 0 N–H and O–H groups in total. The van der Waals surface area contributed by atoms with Crippen LogP contribution in [0, 0.1) is 0 Å². The number of hydrogen-bond acceptors (Lipinski definition) is 3. The third-order valence-electron chi connectivity index (χ3n) is 5.87. The Kier molecular flexibility index (Phi) is 5.73. The van der Waals surface area contributed by atoms with E-state index in [4.69, 9.17) is 0 Å². The molecule has 1 atom stereocenters. The topological polar surface area (TPSA) is 26.8 Å². The van der Waals surface area contributed by atoms with Gasteiger partial charge in [-0.15, -0.1) is 0 Å². The lowest BCUT2D eigenvalue weighted by molar-refractivity contribution is -0.134. The summed E-state index contributed by atoms with van der Waals surface area (Å²) in [7, 11) is 0. The molecule has 2 aromatic rings. The van der Waals surface area contributed by atoms with Gasteiger partial charge in [0.05, 0.1) is 0 Å². The van der Waals surface area contributed by atoms with E-state index >= 15 is 0 Å². The molecule has 2 aliphatic heterocycles. The highest BCUT2D eigenvalue weighted by atomic mass is 16.2. The van der Waals surface area contributed by atoms with Gasteiger partial charge in [0.2, 0.25) is 5.91 Å². The Morgan fingerprint density at radius 3 is 2.22 bits per heavy atom. The molecule has 0 spiro atoms. The number of carbonyl (C=O) groups is 1. The summed E-state index contributed by atoms with van der Waals surface area (Å²) >= 11 is 0. The van der Waals surface area contributed by atoms with Crippen LogP contribution in [-0.2, 0) is 11.2 Å². The van der Waals surface area contributed by atoms with Gasteiger partial charge in [0.15, 0.2) is 0 Å². The molecular weight excluding hydrogens is 334 g/mol. The van der Waals surface area contributed by atoms with E-state index in [9.17, 15) is 4.79 Å². The van der Waals surface area contributed by atoms with Gasteiger partial charge in [0, 0.05) is 45.0 Å². The third kappa shape index (κ3) is 4.33. The van der Waals surface area contributed by atoms with E-state index in [-0.39, 0.29) is 6.04 Å². The molecule has 2 aromatic carbocycles. The zero-order valence-corrected chi connectivity index (χ0v) is 16.0. The van der Waals surface area contributed by atoms with Gasteiger partial charge in [-0.25, -0.2) is 0 Å². The van der Waals surface area contributed by atoms with Crippen molar-refractivity contribution < 1.29 is 4.79 Å². The molecule has 0 aliphatic carbocycles. The van der Waals surface area contributed by atoms with E-state index < -0.39 is 0 Å². The zero-order chi connectivity index (χ0) is 18.5. The average Bonchev–Trinajstić information content (AvgIpc) is 3.23. The fourth-order valence-corrected chi connectivity index (χ4v) is 4.29. The van der Waals surface area contributed by atoms with Crippen LogP contribution in [0.5, 0.6) is 0 Å². The molecule has 0 saturated carbocycles. The molecule has 142 valence electrons. The number of nitrogens with zero attached hydrogens (tertiary/aromatic N) is 3. The highest BCUT2D eigenvalue weighted by Crippen LogP contribution is 2.26. The van der Waals surface area contributed by atoms with E-state index in [2.05, 4.69) is 69.3 Å². The van der Waals surface area contributed by atoms with E-state index in [0.29, 0.717) is 5.91 Å². The van der Waals surface area contributed by atoms with E-state index in [1.54, 1.807) is 0 Å². The minimum Gasteiger partial charge on any atom is -0.360 e. The van der Waals surface area contributed by atoms with Crippen molar-refractivity contribution in [3.05, 3.63) is 66.2 Å². The van der Waals surface area contributed by atoms with Crippen molar-refractivity contribution in [1.82, 2.24) is 9.80 Å². The predicted molar refractivity (Wildman–Crippen MR) is 110 cm³/mol. The number of amides is 1. The van der Waals surface area contributed by atoms with Crippen LogP contribution >= 0.6 is 0 Å². The van der Waals surface area contributed by atoms with Crippen molar-refractivity contribution in [2.45, 2.75) is 25.3 Å². The number of carbonyl (C=O) groups excluding carboxylic acids is 1. The van der Waals surface area contributed by atoms with Crippen LogP contribution < -0.4 is 4.90 Å². The smallest absolute Gasteiger partial charge is 0.245 e. The second kappa shape index (κ2) is 8.57. The van der Waals surface area contributed by atoms with Crippen molar-refractivity contribution in [3.8, 4) is 0 Å². The quantitative estimate of drug-likeness (QED) is 0.817. The Morgan fingerprint density at radius 2 is 1.52 bits per heavy atom. The van der Waals surface area contributed by atoms with Gasteiger partial charge in [-0.3, -0.25) is 9.69 Å². The molecule has 4 heteroatoms. The molecule has 27 heavy (non-hydrogen) atoms. The summed E-state index contributed by atoms with van der Waals surface area (Å²) in [5, 5.41) is 0. The fourth-order valence-electron chi connectivity index (χ4n) is 4.29. The van der Waals surface area contributed by atoms with Crippen LogP contribution in [0.15, 0.2) is 60.7 Å². The maximum absolute atomic E-state index is 13.1. The lowest BCUT2D eigenvalue weighted by Gasteiger charge is -2.37. The molecule has 0 aromatic heterocycles. The molecule has 2 aliphatic rings. The fraction of sp³-hybridized carbons (Fsp3) is 0.435. The van der Waals surface area contributed by atoms with Crippen molar-refractivity contribution in [2.24, 2.45) is 0 Å². The number of hydrogen-bond donors (Lipinski definition) is 0. The first-order chi connectivity index (χ1) is 13.3. The lowest BCUT2D eigenvalue weighted by Crippen LogP contribution is -2.54. The van der Waals surface area contributed by atoms with E-state index in [0.717, 1.165) is 58.5 Å². The molecule has 4 nitrogen and oxygen atoms in total. The van der Waals surface area contributed by atoms with Crippen molar-refractivity contribution in [1.29, 1.82) is 0 Å². The highest BCUT2D eigenvalue weighted by molar-refractivity contribution is 5.86. The van der Waals surface area contributed by atoms with Gasteiger partial charge in [-0.1, -0.05) is 48.5 Å². The number of para-hydroxylation sites is 1. The molecule has 2 heterocycles. The van der Waals surface area contributed by atoms with Crippen molar-refractivity contribution in [3.63, 3.8) is 0 Å². The number of anilines is 1. The van der Waals surface area contributed by atoms with Crippen LogP contribution in [0.25, 0.3) is 0 Å². The average molecular weight is 364 g/mol. The SMILES string of the molecule is O=C([C@@H]1CCCN1c1ccccc1)N1CCN(CCc2ccccc2)CC1. The largest absolute Gasteiger partial charge is 0.360 e. The molecular formula is C23H29N3O. The number of rotatable bonds is 5.